The van der Waals surface area contributed by atoms with E-state index in [-0.39, 0.29) is 31.1 Å². The summed E-state index contributed by atoms with van der Waals surface area (Å²) in [4.78, 5) is 37.8. The highest BCUT2D eigenvalue weighted by Crippen LogP contribution is 2.14. The summed E-state index contributed by atoms with van der Waals surface area (Å²) in [6.45, 7) is 6.34. The first-order chi connectivity index (χ1) is 28.0. The van der Waals surface area contributed by atoms with Crippen molar-refractivity contribution in [3.63, 3.8) is 0 Å². The monoisotopic (exact) mass is 795 g/mol. The van der Waals surface area contributed by atoms with Gasteiger partial charge in [0.2, 0.25) is 0 Å². The molecule has 0 saturated carbocycles. The summed E-state index contributed by atoms with van der Waals surface area (Å²) in [5.74, 6) is -0.931. The number of carbonyl (C=O) groups excluding carboxylic acids is 3. The zero-order chi connectivity index (χ0) is 41.5. The quantitative estimate of drug-likeness (QED) is 0.0202. The molecule has 0 aromatic rings. The number of carbonyl (C=O) groups is 3. The Labute approximate surface area is 351 Å². The van der Waals surface area contributed by atoms with E-state index in [1.54, 1.807) is 0 Å². The molecule has 0 spiro atoms. The van der Waals surface area contributed by atoms with Crippen LogP contribution in [-0.2, 0) is 28.6 Å². The third-order valence-electron chi connectivity index (χ3n) is 9.80. The second-order valence-electron chi connectivity index (χ2n) is 15.4. The van der Waals surface area contributed by atoms with Crippen LogP contribution in [0.25, 0.3) is 0 Å². The van der Waals surface area contributed by atoms with E-state index in [1.807, 2.05) is 18.2 Å². The number of hydrogen-bond acceptors (Lipinski definition) is 6. The molecule has 0 N–H and O–H groups in total. The molecule has 0 aliphatic rings. The van der Waals surface area contributed by atoms with E-state index in [1.165, 1.54) is 57.8 Å². The van der Waals surface area contributed by atoms with E-state index < -0.39 is 6.10 Å². The molecule has 326 valence electrons. The van der Waals surface area contributed by atoms with Gasteiger partial charge in [-0.1, -0.05) is 203 Å². The Hall–Kier alpha value is -3.15. The fourth-order valence-electron chi connectivity index (χ4n) is 6.31. The van der Waals surface area contributed by atoms with Crippen LogP contribution in [0.1, 0.15) is 213 Å². The number of ether oxygens (including phenoxy) is 3. The second-order valence-corrected chi connectivity index (χ2v) is 15.4. The van der Waals surface area contributed by atoms with Gasteiger partial charge in [-0.05, 0) is 64.2 Å². The molecular formula is C51H86O6. The predicted octanol–water partition coefficient (Wildman–Crippen LogP) is 15.1. The molecule has 6 heteroatoms. The van der Waals surface area contributed by atoms with Crippen LogP contribution in [-0.4, -0.2) is 37.2 Å². The van der Waals surface area contributed by atoms with Crippen molar-refractivity contribution in [3.05, 3.63) is 72.9 Å². The number of hydrogen-bond donors (Lipinski definition) is 0. The maximum Gasteiger partial charge on any atom is 0.306 e. The van der Waals surface area contributed by atoms with Crippen molar-refractivity contribution >= 4 is 17.9 Å². The molecule has 0 saturated heterocycles. The van der Waals surface area contributed by atoms with Crippen molar-refractivity contribution in [2.75, 3.05) is 13.2 Å². The minimum atomic E-state index is -0.789. The van der Waals surface area contributed by atoms with E-state index >= 15 is 0 Å². The van der Waals surface area contributed by atoms with Gasteiger partial charge in [-0.3, -0.25) is 14.4 Å². The van der Waals surface area contributed by atoms with E-state index in [0.717, 1.165) is 116 Å². The van der Waals surface area contributed by atoms with Crippen molar-refractivity contribution in [1.29, 1.82) is 0 Å². The molecule has 0 rings (SSSR count). The SMILES string of the molecule is CC\C=C/C=C\C=C/C=C\CCCCCCCC(=O)OCC(COC(=O)CCCCCCCCCCCCCC)OC(=O)CCCCCCC/C=C\C/C=C\CC. The lowest BCUT2D eigenvalue weighted by atomic mass is 10.0. The summed E-state index contributed by atoms with van der Waals surface area (Å²) in [5.41, 5.74) is 0. The molecule has 0 radical (unpaired) electrons. The van der Waals surface area contributed by atoms with E-state index in [9.17, 15) is 14.4 Å². The Kier molecular flexibility index (Phi) is 43.0. The molecule has 0 aliphatic heterocycles. The highest BCUT2D eigenvalue weighted by atomic mass is 16.6. The summed E-state index contributed by atoms with van der Waals surface area (Å²) in [6.07, 6.45) is 55.9. The fraction of sp³-hybridized carbons (Fsp3) is 0.706. The van der Waals surface area contributed by atoms with Crippen molar-refractivity contribution in [2.45, 2.75) is 219 Å². The van der Waals surface area contributed by atoms with Gasteiger partial charge in [-0.2, -0.15) is 0 Å². The summed E-state index contributed by atoms with van der Waals surface area (Å²) >= 11 is 0. The maximum absolute atomic E-state index is 12.7. The van der Waals surface area contributed by atoms with Gasteiger partial charge in [0, 0.05) is 19.3 Å². The average Bonchev–Trinajstić information content (AvgIpc) is 3.21. The molecule has 0 aliphatic carbocycles. The molecule has 0 aromatic carbocycles. The molecule has 0 heterocycles. The lowest BCUT2D eigenvalue weighted by Gasteiger charge is -2.18. The average molecular weight is 795 g/mol. The van der Waals surface area contributed by atoms with Crippen LogP contribution in [0, 0.1) is 0 Å². The number of unbranched alkanes of at least 4 members (excludes halogenated alkanes) is 21. The number of rotatable bonds is 41. The highest BCUT2D eigenvalue weighted by molar-refractivity contribution is 5.71. The topological polar surface area (TPSA) is 78.9 Å². The van der Waals surface area contributed by atoms with Gasteiger partial charge in [0.05, 0.1) is 0 Å². The van der Waals surface area contributed by atoms with Crippen LogP contribution < -0.4 is 0 Å². The Bertz CT molecular complexity index is 1100. The van der Waals surface area contributed by atoms with Gasteiger partial charge in [0.15, 0.2) is 6.10 Å². The van der Waals surface area contributed by atoms with Crippen LogP contribution >= 0.6 is 0 Å². The zero-order valence-electron chi connectivity index (χ0n) is 37.1. The molecule has 57 heavy (non-hydrogen) atoms. The molecule has 0 bridgehead atoms. The lowest BCUT2D eigenvalue weighted by molar-refractivity contribution is -0.167. The maximum atomic E-state index is 12.7. The molecule has 1 unspecified atom stereocenters. The van der Waals surface area contributed by atoms with Crippen molar-refractivity contribution < 1.29 is 28.6 Å². The summed E-state index contributed by atoms with van der Waals surface area (Å²) in [5, 5.41) is 0. The van der Waals surface area contributed by atoms with E-state index in [0.29, 0.717) is 19.3 Å². The molecule has 0 aromatic heterocycles. The smallest absolute Gasteiger partial charge is 0.306 e. The standard InChI is InChI=1S/C51H86O6/c1-4-7-10-13-16-19-22-25-26-27-30-32-35-38-41-44-50(53)56-47-48(57-51(54)45-42-39-36-33-29-24-21-18-15-12-9-6-3)46-55-49(52)43-40-37-34-31-28-23-20-17-14-11-8-5-2/h7,9-10,12-13,16,18-19,21-22,25-26,48H,4-6,8,11,14-15,17,20,23-24,27-47H2,1-3H3/b10-7-,12-9-,16-13-,21-18-,22-19-,26-25-. The fourth-order valence-corrected chi connectivity index (χ4v) is 6.31. The first kappa shape index (κ1) is 53.9. The van der Waals surface area contributed by atoms with Crippen molar-refractivity contribution in [2.24, 2.45) is 0 Å². The van der Waals surface area contributed by atoms with Crippen LogP contribution in [0.15, 0.2) is 72.9 Å². The first-order valence-electron chi connectivity index (χ1n) is 23.5. The Balaban J connectivity index is 4.44. The second kappa shape index (κ2) is 45.6. The predicted molar refractivity (Wildman–Crippen MR) is 242 cm³/mol. The minimum absolute atomic E-state index is 0.0882. The lowest BCUT2D eigenvalue weighted by Crippen LogP contribution is -2.30. The Morgan fingerprint density at radius 3 is 1.26 bits per heavy atom. The van der Waals surface area contributed by atoms with Crippen LogP contribution in [0.5, 0.6) is 0 Å². The van der Waals surface area contributed by atoms with E-state index in [2.05, 4.69) is 75.5 Å². The zero-order valence-corrected chi connectivity index (χ0v) is 37.1. The number of allylic oxidation sites excluding steroid dienone is 12. The normalized spacial score (nSPS) is 12.7. The van der Waals surface area contributed by atoms with Gasteiger partial charge >= 0.3 is 17.9 Å². The third kappa shape index (κ3) is 43.8. The molecule has 1 atom stereocenters. The summed E-state index contributed by atoms with van der Waals surface area (Å²) in [6, 6.07) is 0. The largest absolute Gasteiger partial charge is 0.462 e. The third-order valence-corrected chi connectivity index (χ3v) is 9.80. The Morgan fingerprint density at radius 1 is 0.386 bits per heavy atom. The molecule has 6 nitrogen and oxygen atoms in total. The summed E-state index contributed by atoms with van der Waals surface area (Å²) in [7, 11) is 0. The van der Waals surface area contributed by atoms with Gasteiger partial charge in [-0.15, -0.1) is 0 Å². The van der Waals surface area contributed by atoms with Gasteiger partial charge in [-0.25, -0.2) is 0 Å². The van der Waals surface area contributed by atoms with Crippen LogP contribution in [0.2, 0.25) is 0 Å². The van der Waals surface area contributed by atoms with E-state index in [4.69, 9.17) is 14.2 Å². The summed E-state index contributed by atoms with van der Waals surface area (Å²) < 4.78 is 16.7. The number of esters is 3. The van der Waals surface area contributed by atoms with Crippen LogP contribution in [0.4, 0.5) is 0 Å². The van der Waals surface area contributed by atoms with Crippen molar-refractivity contribution in [3.8, 4) is 0 Å². The minimum Gasteiger partial charge on any atom is -0.462 e. The Morgan fingerprint density at radius 2 is 0.772 bits per heavy atom. The van der Waals surface area contributed by atoms with Gasteiger partial charge in [0.25, 0.3) is 0 Å². The molecule has 0 amide bonds. The molecule has 0 fully saturated rings. The van der Waals surface area contributed by atoms with Gasteiger partial charge in [0.1, 0.15) is 13.2 Å². The van der Waals surface area contributed by atoms with Gasteiger partial charge < -0.3 is 14.2 Å². The molecular weight excluding hydrogens is 709 g/mol. The first-order valence-corrected chi connectivity index (χ1v) is 23.5. The van der Waals surface area contributed by atoms with Crippen LogP contribution in [0.3, 0.4) is 0 Å². The highest BCUT2D eigenvalue weighted by Gasteiger charge is 2.19. The van der Waals surface area contributed by atoms with Crippen molar-refractivity contribution in [1.82, 2.24) is 0 Å².